The molecule has 4 rings (SSSR count). The first kappa shape index (κ1) is 21.5. The van der Waals surface area contributed by atoms with Gasteiger partial charge in [-0.2, -0.15) is 0 Å². The van der Waals surface area contributed by atoms with Gasteiger partial charge in [-0.15, -0.1) is 0 Å². The average molecular weight is 424 g/mol. The van der Waals surface area contributed by atoms with Crippen LogP contribution in [0.4, 0.5) is 4.39 Å². The molecule has 0 aliphatic carbocycles. The van der Waals surface area contributed by atoms with E-state index in [1.165, 1.54) is 12.1 Å². The van der Waals surface area contributed by atoms with Gasteiger partial charge in [0.05, 0.1) is 17.3 Å². The molecule has 0 bridgehead atoms. The molecule has 0 unspecified atom stereocenters. The van der Waals surface area contributed by atoms with Gasteiger partial charge >= 0.3 is 0 Å². The molecule has 2 atom stereocenters. The number of hydrogen-bond donors (Lipinski definition) is 1. The maximum absolute atomic E-state index is 14.1. The van der Waals surface area contributed by atoms with Crippen LogP contribution in [0.3, 0.4) is 0 Å². The molecule has 0 aromatic heterocycles. The molecule has 0 saturated carbocycles. The van der Waals surface area contributed by atoms with Crippen LogP contribution in [0.1, 0.15) is 49.0 Å². The standard InChI is InChI=1S/C25H30FN3O2/c1-3-18(2)29-24(31)22(17-19-9-5-4-6-10-19)27-25(29)13-15-28(16-14-25)23(30)20-11-7-8-12-21(20)26/h4-12,18,22,27H,3,13-17H2,1-2H3/t18-,22+/m0/s1. The highest BCUT2D eigenvalue weighted by Gasteiger charge is 2.53. The molecule has 2 aromatic carbocycles. The fourth-order valence-corrected chi connectivity index (χ4v) is 4.91. The van der Waals surface area contributed by atoms with Crippen molar-refractivity contribution >= 4 is 11.8 Å². The summed E-state index contributed by atoms with van der Waals surface area (Å²) < 4.78 is 14.1. The van der Waals surface area contributed by atoms with Crippen LogP contribution in [0, 0.1) is 5.82 Å². The predicted molar refractivity (Wildman–Crippen MR) is 118 cm³/mol. The van der Waals surface area contributed by atoms with Gasteiger partial charge in [-0.05, 0) is 37.5 Å². The van der Waals surface area contributed by atoms with Gasteiger partial charge in [-0.25, -0.2) is 4.39 Å². The van der Waals surface area contributed by atoms with Crippen LogP contribution in [-0.2, 0) is 11.2 Å². The molecule has 2 aliphatic rings. The minimum atomic E-state index is -0.494. The van der Waals surface area contributed by atoms with Crippen molar-refractivity contribution in [3.05, 3.63) is 71.5 Å². The Labute approximate surface area is 183 Å². The van der Waals surface area contributed by atoms with Gasteiger partial charge in [0.15, 0.2) is 0 Å². The summed E-state index contributed by atoms with van der Waals surface area (Å²) in [6.45, 7) is 5.15. The van der Waals surface area contributed by atoms with Gasteiger partial charge in [-0.3, -0.25) is 14.9 Å². The van der Waals surface area contributed by atoms with Crippen molar-refractivity contribution in [1.82, 2.24) is 15.1 Å². The summed E-state index contributed by atoms with van der Waals surface area (Å²) in [6, 6.07) is 16.0. The molecule has 0 radical (unpaired) electrons. The van der Waals surface area contributed by atoms with Gasteiger partial charge in [0, 0.05) is 32.0 Å². The third kappa shape index (κ3) is 4.09. The maximum Gasteiger partial charge on any atom is 0.256 e. The molecule has 2 heterocycles. The molecular formula is C25H30FN3O2. The summed E-state index contributed by atoms with van der Waals surface area (Å²) in [4.78, 5) is 30.0. The first-order chi connectivity index (χ1) is 14.9. The van der Waals surface area contributed by atoms with E-state index in [0.29, 0.717) is 32.4 Å². The summed E-state index contributed by atoms with van der Waals surface area (Å²) in [5.41, 5.74) is 0.772. The number of amides is 2. The highest BCUT2D eigenvalue weighted by atomic mass is 19.1. The Morgan fingerprint density at radius 1 is 1.13 bits per heavy atom. The van der Waals surface area contributed by atoms with Crippen molar-refractivity contribution in [1.29, 1.82) is 0 Å². The number of halogens is 1. The second-order valence-corrected chi connectivity index (χ2v) is 8.66. The normalized spacial score (nSPS) is 21.5. The summed E-state index contributed by atoms with van der Waals surface area (Å²) >= 11 is 0. The minimum absolute atomic E-state index is 0.106. The molecule has 2 fully saturated rings. The second kappa shape index (κ2) is 8.79. The van der Waals surface area contributed by atoms with E-state index >= 15 is 0 Å². The van der Waals surface area contributed by atoms with E-state index in [1.54, 1.807) is 17.0 Å². The Morgan fingerprint density at radius 2 is 1.77 bits per heavy atom. The Bertz CT molecular complexity index is 941. The zero-order valence-corrected chi connectivity index (χ0v) is 18.2. The molecule has 1 N–H and O–H groups in total. The van der Waals surface area contributed by atoms with Crippen LogP contribution in [0.5, 0.6) is 0 Å². The van der Waals surface area contributed by atoms with Crippen molar-refractivity contribution in [2.75, 3.05) is 13.1 Å². The summed E-state index contributed by atoms with van der Waals surface area (Å²) in [7, 11) is 0. The Morgan fingerprint density at radius 3 is 2.42 bits per heavy atom. The molecule has 2 aliphatic heterocycles. The zero-order valence-electron chi connectivity index (χ0n) is 18.2. The van der Waals surface area contributed by atoms with E-state index in [0.717, 1.165) is 12.0 Å². The van der Waals surface area contributed by atoms with Crippen molar-refractivity contribution < 1.29 is 14.0 Å². The third-order valence-electron chi connectivity index (χ3n) is 6.74. The highest BCUT2D eigenvalue weighted by molar-refractivity contribution is 5.94. The Balaban J connectivity index is 1.52. The molecule has 164 valence electrons. The summed E-state index contributed by atoms with van der Waals surface area (Å²) in [6.07, 6.45) is 2.78. The van der Waals surface area contributed by atoms with Crippen LogP contribution in [0.25, 0.3) is 0 Å². The van der Waals surface area contributed by atoms with E-state index < -0.39 is 11.5 Å². The number of piperidine rings is 1. The predicted octanol–water partition coefficient (Wildman–Crippen LogP) is 3.60. The molecule has 31 heavy (non-hydrogen) atoms. The SMILES string of the molecule is CC[C@H](C)N1C(=O)[C@@H](Cc2ccccc2)NC12CCN(C(=O)c1ccccc1F)CC2. The number of nitrogens with one attached hydrogen (secondary N) is 1. The van der Waals surface area contributed by atoms with Crippen molar-refractivity contribution in [2.24, 2.45) is 0 Å². The highest BCUT2D eigenvalue weighted by Crippen LogP contribution is 2.36. The van der Waals surface area contributed by atoms with Crippen LogP contribution in [0.15, 0.2) is 54.6 Å². The Hall–Kier alpha value is -2.73. The molecule has 2 amide bonds. The molecule has 1 spiro atoms. The van der Waals surface area contributed by atoms with Gasteiger partial charge in [0.2, 0.25) is 5.91 Å². The number of carbonyl (C=O) groups excluding carboxylic acids is 2. The lowest BCUT2D eigenvalue weighted by molar-refractivity contribution is -0.136. The van der Waals surface area contributed by atoms with Crippen molar-refractivity contribution in [2.45, 2.75) is 57.3 Å². The summed E-state index contributed by atoms with van der Waals surface area (Å²) in [5.74, 6) is -0.647. The van der Waals surface area contributed by atoms with Crippen LogP contribution in [-0.4, -0.2) is 52.5 Å². The first-order valence-corrected chi connectivity index (χ1v) is 11.1. The lowest BCUT2D eigenvalue weighted by Gasteiger charge is -2.46. The third-order valence-corrected chi connectivity index (χ3v) is 6.74. The molecule has 6 heteroatoms. The largest absolute Gasteiger partial charge is 0.338 e. The molecule has 2 saturated heterocycles. The molecular weight excluding hydrogens is 393 g/mol. The number of rotatable bonds is 5. The lowest BCUT2D eigenvalue weighted by Crippen LogP contribution is -2.61. The van der Waals surface area contributed by atoms with E-state index in [4.69, 9.17) is 0 Å². The maximum atomic E-state index is 14.1. The van der Waals surface area contributed by atoms with Crippen LogP contribution < -0.4 is 5.32 Å². The number of benzene rings is 2. The minimum Gasteiger partial charge on any atom is -0.338 e. The zero-order chi connectivity index (χ0) is 22.0. The van der Waals surface area contributed by atoms with Gasteiger partial charge < -0.3 is 9.80 Å². The Kier molecular flexibility index (Phi) is 6.10. The monoisotopic (exact) mass is 423 g/mol. The fourth-order valence-electron chi connectivity index (χ4n) is 4.91. The number of likely N-dealkylation sites (tertiary alicyclic amines) is 1. The lowest BCUT2D eigenvalue weighted by atomic mass is 9.93. The van der Waals surface area contributed by atoms with Crippen LogP contribution in [0.2, 0.25) is 0 Å². The topological polar surface area (TPSA) is 52.7 Å². The number of carbonyl (C=O) groups is 2. The van der Waals surface area contributed by atoms with Crippen molar-refractivity contribution in [3.63, 3.8) is 0 Å². The molecule has 5 nitrogen and oxygen atoms in total. The summed E-state index contributed by atoms with van der Waals surface area (Å²) in [5, 5.41) is 3.64. The average Bonchev–Trinajstić information content (AvgIpc) is 3.05. The first-order valence-electron chi connectivity index (χ1n) is 11.1. The van der Waals surface area contributed by atoms with E-state index in [2.05, 4.69) is 19.2 Å². The fraction of sp³-hybridized carbons (Fsp3) is 0.440. The van der Waals surface area contributed by atoms with E-state index in [9.17, 15) is 14.0 Å². The smallest absolute Gasteiger partial charge is 0.256 e. The number of nitrogens with zero attached hydrogens (tertiary/aromatic N) is 2. The van der Waals surface area contributed by atoms with E-state index in [1.807, 2.05) is 35.2 Å². The molecule has 2 aromatic rings. The quantitative estimate of drug-likeness (QED) is 0.800. The second-order valence-electron chi connectivity index (χ2n) is 8.66. The van der Waals surface area contributed by atoms with E-state index in [-0.39, 0.29) is 29.5 Å². The number of hydrogen-bond acceptors (Lipinski definition) is 3. The van der Waals surface area contributed by atoms with Crippen molar-refractivity contribution in [3.8, 4) is 0 Å². The van der Waals surface area contributed by atoms with Crippen LogP contribution >= 0.6 is 0 Å². The van der Waals surface area contributed by atoms with Gasteiger partial charge in [-0.1, -0.05) is 49.4 Å². The van der Waals surface area contributed by atoms with Gasteiger partial charge in [0.1, 0.15) is 5.82 Å². The van der Waals surface area contributed by atoms with Gasteiger partial charge in [0.25, 0.3) is 5.91 Å².